The van der Waals surface area contributed by atoms with Crippen LogP contribution < -0.4 is 10.6 Å². The molecule has 1 aromatic rings. The summed E-state index contributed by atoms with van der Waals surface area (Å²) in [5, 5.41) is 6.47. The van der Waals surface area contributed by atoms with E-state index in [1.165, 1.54) is 7.11 Å². The zero-order valence-corrected chi connectivity index (χ0v) is 19.8. The molecule has 2 unspecified atom stereocenters. The van der Waals surface area contributed by atoms with Crippen LogP contribution in [0.5, 0.6) is 0 Å². The van der Waals surface area contributed by atoms with Gasteiger partial charge in [-0.15, -0.1) is 0 Å². The summed E-state index contributed by atoms with van der Waals surface area (Å²) in [6.45, 7) is 2.95. The molecule has 1 aliphatic rings. The first kappa shape index (κ1) is 25.9. The fourth-order valence-corrected chi connectivity index (χ4v) is 4.31. The van der Waals surface area contributed by atoms with E-state index in [1.807, 2.05) is 61.5 Å². The molecule has 0 saturated heterocycles. The van der Waals surface area contributed by atoms with Gasteiger partial charge in [-0.1, -0.05) is 86.7 Å². The molecule has 32 heavy (non-hydrogen) atoms. The standard InChI is InChI=1S/C27H40N2O3/c1-27(26(31)32-2)19-13-9-8-12-17-24(18-14-20-27)29-25(30)22-28-21-23-15-10-6-4-3-5-7-11-16-23/h3-7,10-11,15-16,24,28H,8-9,12-14,17-22H2,1-2H3,(H,29,30). The van der Waals surface area contributed by atoms with Crippen LogP contribution in [0.15, 0.2) is 54.6 Å². The van der Waals surface area contributed by atoms with Crippen LogP contribution in [0.1, 0.15) is 70.3 Å². The van der Waals surface area contributed by atoms with Crippen molar-refractivity contribution in [1.29, 1.82) is 0 Å². The van der Waals surface area contributed by atoms with Crippen molar-refractivity contribution in [2.75, 3.05) is 13.7 Å². The number of carbonyl (C=O) groups is 2. The molecule has 2 N–H and O–H groups in total. The number of carbonyl (C=O) groups excluding carboxylic acids is 2. The number of nitrogens with one attached hydrogen (secondary N) is 2. The van der Waals surface area contributed by atoms with E-state index in [-0.39, 0.29) is 17.9 Å². The second-order valence-electron chi connectivity index (χ2n) is 9.02. The largest absolute Gasteiger partial charge is 0.469 e. The number of amides is 1. The van der Waals surface area contributed by atoms with Crippen molar-refractivity contribution >= 4 is 11.9 Å². The Bertz CT molecular complexity index is 741. The van der Waals surface area contributed by atoms with E-state index < -0.39 is 5.41 Å². The van der Waals surface area contributed by atoms with Gasteiger partial charge in [0, 0.05) is 12.6 Å². The smallest absolute Gasteiger partial charge is 0.311 e. The lowest BCUT2D eigenvalue weighted by Gasteiger charge is -2.27. The number of methoxy groups -OCH3 is 1. The fraction of sp³-hybridized carbons (Fsp3) is 0.556. The lowest BCUT2D eigenvalue weighted by atomic mass is 9.80. The molecule has 2 rings (SSSR count). The van der Waals surface area contributed by atoms with Crippen LogP contribution in [0.25, 0.3) is 0 Å². The molecule has 1 saturated carbocycles. The summed E-state index contributed by atoms with van der Waals surface area (Å²) < 4.78 is 5.07. The van der Waals surface area contributed by atoms with Gasteiger partial charge >= 0.3 is 5.97 Å². The summed E-state index contributed by atoms with van der Waals surface area (Å²) in [5.41, 5.74) is 0.705. The summed E-state index contributed by atoms with van der Waals surface area (Å²) >= 11 is 0. The molecule has 0 heterocycles. The average molecular weight is 441 g/mol. The van der Waals surface area contributed by atoms with E-state index in [2.05, 4.69) is 10.6 Å². The third-order valence-corrected chi connectivity index (χ3v) is 6.26. The Morgan fingerprint density at radius 3 is 2.19 bits per heavy atom. The van der Waals surface area contributed by atoms with Crippen LogP contribution in [0.4, 0.5) is 0 Å². The van der Waals surface area contributed by atoms with Gasteiger partial charge in [0.2, 0.25) is 5.91 Å². The molecule has 0 bridgehead atoms. The monoisotopic (exact) mass is 440 g/mol. The Balaban J connectivity index is 1.85. The van der Waals surface area contributed by atoms with Crippen molar-refractivity contribution in [2.45, 2.75) is 77.3 Å². The van der Waals surface area contributed by atoms with E-state index in [1.54, 1.807) is 0 Å². The molecule has 2 atom stereocenters. The lowest BCUT2D eigenvalue weighted by Crippen LogP contribution is -2.40. The zero-order chi connectivity index (χ0) is 23.1. The second-order valence-corrected chi connectivity index (χ2v) is 9.02. The molecule has 176 valence electrons. The fourth-order valence-electron chi connectivity index (χ4n) is 4.31. The SMILES string of the molecule is COC(=O)C1(C)CCCCCCC(NC(=O)CNCc2ccccccccc2)CCC1. The normalized spacial score (nSPS) is 22.0. The molecule has 5 heteroatoms. The third-order valence-electron chi connectivity index (χ3n) is 6.26. The summed E-state index contributed by atoms with van der Waals surface area (Å²) in [5.74, 6) is -0.0739. The molecule has 0 radical (unpaired) electrons. The first-order valence-electron chi connectivity index (χ1n) is 12.0. The van der Waals surface area contributed by atoms with Gasteiger partial charge in [0.25, 0.3) is 0 Å². The number of esters is 1. The molecule has 0 aromatic heterocycles. The first-order chi connectivity index (χ1) is 15.5. The topological polar surface area (TPSA) is 67.4 Å². The first-order valence-corrected chi connectivity index (χ1v) is 12.0. The molecule has 1 fully saturated rings. The van der Waals surface area contributed by atoms with Crippen LogP contribution in [-0.4, -0.2) is 31.6 Å². The van der Waals surface area contributed by atoms with Crippen LogP contribution in [0.3, 0.4) is 0 Å². The minimum absolute atomic E-state index is 0.0309. The van der Waals surface area contributed by atoms with Gasteiger partial charge in [-0.2, -0.15) is 0 Å². The summed E-state index contributed by atoms with van der Waals surface area (Å²) in [6.07, 6.45) is 8.92. The van der Waals surface area contributed by atoms with E-state index in [0.29, 0.717) is 13.1 Å². The Morgan fingerprint density at radius 2 is 1.50 bits per heavy atom. The van der Waals surface area contributed by atoms with Gasteiger partial charge in [-0.05, 0) is 38.2 Å². The molecule has 1 amide bonds. The predicted molar refractivity (Wildman–Crippen MR) is 129 cm³/mol. The lowest BCUT2D eigenvalue weighted by molar-refractivity contribution is -0.152. The molecule has 1 aliphatic carbocycles. The van der Waals surface area contributed by atoms with Crippen LogP contribution in [-0.2, 0) is 20.9 Å². The average Bonchev–Trinajstić information content (AvgIpc) is 2.83. The van der Waals surface area contributed by atoms with Crippen molar-refractivity contribution in [3.05, 3.63) is 60.2 Å². The van der Waals surface area contributed by atoms with E-state index in [0.717, 1.165) is 63.4 Å². The van der Waals surface area contributed by atoms with Gasteiger partial charge in [0.1, 0.15) is 0 Å². The molecular formula is C27H40N2O3. The summed E-state index contributed by atoms with van der Waals surface area (Å²) in [4.78, 5) is 24.9. The van der Waals surface area contributed by atoms with Gasteiger partial charge in [0.05, 0.1) is 19.1 Å². The predicted octanol–water partition coefficient (Wildman–Crippen LogP) is 5.09. The highest BCUT2D eigenvalue weighted by Gasteiger charge is 2.33. The Morgan fingerprint density at radius 1 is 0.906 bits per heavy atom. The van der Waals surface area contributed by atoms with Crippen molar-refractivity contribution < 1.29 is 14.3 Å². The van der Waals surface area contributed by atoms with Crippen molar-refractivity contribution in [3.8, 4) is 0 Å². The highest BCUT2D eigenvalue weighted by atomic mass is 16.5. The highest BCUT2D eigenvalue weighted by Crippen LogP contribution is 2.33. The summed E-state index contributed by atoms with van der Waals surface area (Å²) in [7, 11) is 1.48. The maximum Gasteiger partial charge on any atom is 0.311 e. The Kier molecular flexibility index (Phi) is 11.8. The zero-order valence-electron chi connectivity index (χ0n) is 19.8. The van der Waals surface area contributed by atoms with Gasteiger partial charge < -0.3 is 15.4 Å². The van der Waals surface area contributed by atoms with Crippen molar-refractivity contribution in [2.24, 2.45) is 5.41 Å². The van der Waals surface area contributed by atoms with Gasteiger partial charge in [-0.3, -0.25) is 9.59 Å². The number of rotatable bonds is 6. The van der Waals surface area contributed by atoms with Gasteiger partial charge in [-0.25, -0.2) is 0 Å². The number of ether oxygens (including phenoxy) is 1. The second kappa shape index (κ2) is 14.6. The minimum Gasteiger partial charge on any atom is -0.469 e. The van der Waals surface area contributed by atoms with E-state index in [9.17, 15) is 9.59 Å². The molecule has 1 aromatic carbocycles. The minimum atomic E-state index is -0.411. The van der Waals surface area contributed by atoms with Crippen LogP contribution in [0, 0.1) is 5.41 Å². The molecule has 0 spiro atoms. The Labute approximate surface area is 193 Å². The molecule has 5 nitrogen and oxygen atoms in total. The van der Waals surface area contributed by atoms with Crippen LogP contribution >= 0.6 is 0 Å². The van der Waals surface area contributed by atoms with E-state index in [4.69, 9.17) is 4.74 Å². The molecule has 0 aliphatic heterocycles. The highest BCUT2D eigenvalue weighted by molar-refractivity contribution is 5.78. The Hall–Kier alpha value is -2.40. The quantitative estimate of drug-likeness (QED) is 0.605. The number of hydrogen-bond donors (Lipinski definition) is 2. The third kappa shape index (κ3) is 9.82. The summed E-state index contributed by atoms with van der Waals surface area (Å²) in [6, 6.07) is 18.2. The maximum absolute atomic E-state index is 12.6. The van der Waals surface area contributed by atoms with Crippen molar-refractivity contribution in [1.82, 2.24) is 10.6 Å². The van der Waals surface area contributed by atoms with Crippen molar-refractivity contribution in [3.63, 3.8) is 0 Å². The van der Waals surface area contributed by atoms with E-state index >= 15 is 0 Å². The van der Waals surface area contributed by atoms with Crippen LogP contribution in [0.2, 0.25) is 0 Å². The van der Waals surface area contributed by atoms with Gasteiger partial charge in [0.15, 0.2) is 0 Å². The maximum atomic E-state index is 12.6. The number of hydrogen-bond acceptors (Lipinski definition) is 4. The molecular weight excluding hydrogens is 400 g/mol.